The zero-order valence-electron chi connectivity index (χ0n) is 11.8. The van der Waals surface area contributed by atoms with E-state index in [2.05, 4.69) is 45.1 Å². The number of aryl methyl sites for hydroxylation is 2. The minimum atomic E-state index is 0.457. The second kappa shape index (κ2) is 7.17. The third-order valence-electron chi connectivity index (χ3n) is 3.25. The molecule has 1 aromatic rings. The number of hydrogen-bond acceptors (Lipinski definition) is 2. The van der Waals surface area contributed by atoms with Gasteiger partial charge in [-0.1, -0.05) is 20.8 Å². The summed E-state index contributed by atoms with van der Waals surface area (Å²) in [4.78, 5) is 2.97. The predicted octanol–water partition coefficient (Wildman–Crippen LogP) is 4.41. The highest BCUT2D eigenvalue weighted by Crippen LogP contribution is 2.28. The van der Waals surface area contributed by atoms with Gasteiger partial charge in [0.25, 0.3) is 0 Å². The second-order valence-electron chi connectivity index (χ2n) is 5.68. The maximum atomic E-state index is 3.50. The van der Waals surface area contributed by atoms with E-state index in [1.807, 2.05) is 11.3 Å². The largest absolute Gasteiger partial charge is 0.317 e. The van der Waals surface area contributed by atoms with E-state index in [1.54, 1.807) is 0 Å². The van der Waals surface area contributed by atoms with Gasteiger partial charge in [0.1, 0.15) is 0 Å². The first-order valence-corrected chi connectivity index (χ1v) is 7.61. The molecule has 0 saturated heterocycles. The van der Waals surface area contributed by atoms with Gasteiger partial charge in [-0.05, 0) is 63.2 Å². The van der Waals surface area contributed by atoms with E-state index in [-0.39, 0.29) is 0 Å². The lowest BCUT2D eigenvalue weighted by Crippen LogP contribution is -2.23. The third-order valence-corrected chi connectivity index (χ3v) is 4.31. The van der Waals surface area contributed by atoms with Crippen molar-refractivity contribution < 1.29 is 0 Å². The maximum absolute atomic E-state index is 3.50. The van der Waals surface area contributed by atoms with Crippen molar-refractivity contribution in [1.82, 2.24) is 5.32 Å². The molecule has 0 aliphatic heterocycles. The Balaban J connectivity index is 2.24. The number of thiophene rings is 1. The van der Waals surface area contributed by atoms with Crippen LogP contribution in [0.3, 0.4) is 0 Å². The highest BCUT2D eigenvalue weighted by molar-refractivity contribution is 7.11. The molecule has 98 valence electrons. The molecule has 1 heterocycles. The van der Waals surface area contributed by atoms with E-state index in [0.717, 1.165) is 13.1 Å². The van der Waals surface area contributed by atoms with Gasteiger partial charge in [0, 0.05) is 9.75 Å². The lowest BCUT2D eigenvalue weighted by Gasteiger charge is -2.24. The van der Waals surface area contributed by atoms with Crippen LogP contribution in [0.1, 0.15) is 49.8 Å². The predicted molar refractivity (Wildman–Crippen MR) is 78.9 cm³/mol. The molecule has 0 saturated carbocycles. The Labute approximate surface area is 111 Å². The van der Waals surface area contributed by atoms with E-state index in [4.69, 9.17) is 0 Å². The van der Waals surface area contributed by atoms with Gasteiger partial charge in [0.05, 0.1) is 0 Å². The number of nitrogens with one attached hydrogen (secondary N) is 1. The fourth-order valence-electron chi connectivity index (χ4n) is 1.93. The fraction of sp³-hybridized carbons (Fsp3) is 0.733. The average Bonchev–Trinajstić information content (AvgIpc) is 2.68. The Morgan fingerprint density at radius 1 is 1.18 bits per heavy atom. The molecule has 0 spiro atoms. The lowest BCUT2D eigenvalue weighted by molar-refractivity contribution is 0.303. The van der Waals surface area contributed by atoms with Crippen LogP contribution in [0.25, 0.3) is 0 Å². The van der Waals surface area contributed by atoms with Crippen LogP contribution in [0.2, 0.25) is 0 Å². The summed E-state index contributed by atoms with van der Waals surface area (Å²) in [5, 5.41) is 3.50. The van der Waals surface area contributed by atoms with Gasteiger partial charge in [-0.3, -0.25) is 0 Å². The van der Waals surface area contributed by atoms with Crippen LogP contribution in [0, 0.1) is 12.3 Å². The molecule has 1 N–H and O–H groups in total. The smallest absolute Gasteiger partial charge is 0.00482 e. The minimum absolute atomic E-state index is 0.457. The average molecular weight is 253 g/mol. The van der Waals surface area contributed by atoms with Crippen molar-refractivity contribution in [3.05, 3.63) is 21.9 Å². The molecule has 0 radical (unpaired) electrons. The van der Waals surface area contributed by atoms with E-state index < -0.39 is 0 Å². The molecule has 0 aromatic carbocycles. The van der Waals surface area contributed by atoms with Crippen LogP contribution < -0.4 is 5.32 Å². The molecule has 2 heteroatoms. The van der Waals surface area contributed by atoms with Crippen molar-refractivity contribution in [2.45, 2.75) is 53.4 Å². The summed E-state index contributed by atoms with van der Waals surface area (Å²) in [6.07, 6.45) is 5.03. The van der Waals surface area contributed by atoms with Crippen molar-refractivity contribution in [3.8, 4) is 0 Å². The topological polar surface area (TPSA) is 12.0 Å². The van der Waals surface area contributed by atoms with Crippen LogP contribution in [-0.2, 0) is 6.42 Å². The molecule has 1 nitrogen and oxygen atoms in total. The fourth-order valence-corrected chi connectivity index (χ4v) is 2.82. The van der Waals surface area contributed by atoms with Crippen molar-refractivity contribution in [2.24, 2.45) is 5.41 Å². The summed E-state index contributed by atoms with van der Waals surface area (Å²) in [6.45, 7) is 11.5. The Hall–Kier alpha value is -0.340. The van der Waals surface area contributed by atoms with Gasteiger partial charge in [-0.25, -0.2) is 0 Å². The molecular weight excluding hydrogens is 226 g/mol. The SMILES string of the molecule is CCCNCCC(C)(C)CCc1ccc(C)s1. The molecular formula is C15H27NS. The summed E-state index contributed by atoms with van der Waals surface area (Å²) in [5.41, 5.74) is 0.457. The van der Waals surface area contributed by atoms with Crippen LogP contribution >= 0.6 is 11.3 Å². The first-order chi connectivity index (χ1) is 8.03. The van der Waals surface area contributed by atoms with E-state index in [1.165, 1.54) is 35.4 Å². The van der Waals surface area contributed by atoms with Crippen LogP contribution in [-0.4, -0.2) is 13.1 Å². The Bertz CT molecular complexity index is 314. The van der Waals surface area contributed by atoms with Crippen LogP contribution in [0.4, 0.5) is 0 Å². The molecule has 0 aliphatic carbocycles. The van der Waals surface area contributed by atoms with Gasteiger partial charge in [0.15, 0.2) is 0 Å². The van der Waals surface area contributed by atoms with Crippen molar-refractivity contribution in [2.75, 3.05) is 13.1 Å². The van der Waals surface area contributed by atoms with Crippen molar-refractivity contribution >= 4 is 11.3 Å². The van der Waals surface area contributed by atoms with Gasteiger partial charge < -0.3 is 5.32 Å². The minimum Gasteiger partial charge on any atom is -0.317 e. The highest BCUT2D eigenvalue weighted by Gasteiger charge is 2.17. The molecule has 1 aromatic heterocycles. The lowest BCUT2D eigenvalue weighted by atomic mass is 9.84. The summed E-state index contributed by atoms with van der Waals surface area (Å²) in [7, 11) is 0. The molecule has 17 heavy (non-hydrogen) atoms. The Morgan fingerprint density at radius 2 is 1.94 bits per heavy atom. The van der Waals surface area contributed by atoms with Gasteiger partial charge >= 0.3 is 0 Å². The van der Waals surface area contributed by atoms with Crippen molar-refractivity contribution in [1.29, 1.82) is 0 Å². The van der Waals surface area contributed by atoms with Crippen LogP contribution in [0.15, 0.2) is 12.1 Å². The van der Waals surface area contributed by atoms with E-state index in [9.17, 15) is 0 Å². The monoisotopic (exact) mass is 253 g/mol. The van der Waals surface area contributed by atoms with E-state index in [0.29, 0.717) is 5.41 Å². The van der Waals surface area contributed by atoms with Gasteiger partial charge in [-0.2, -0.15) is 0 Å². The van der Waals surface area contributed by atoms with Gasteiger partial charge in [-0.15, -0.1) is 11.3 Å². The molecule has 0 atom stereocenters. The molecule has 0 unspecified atom stereocenters. The summed E-state index contributed by atoms with van der Waals surface area (Å²) in [5.74, 6) is 0. The standard InChI is InChI=1S/C15H27NS/c1-5-11-16-12-10-15(3,4)9-8-14-7-6-13(2)17-14/h6-7,16H,5,8-12H2,1-4H3. The molecule has 0 fully saturated rings. The quantitative estimate of drug-likeness (QED) is 0.677. The zero-order valence-corrected chi connectivity index (χ0v) is 12.6. The zero-order chi connectivity index (χ0) is 12.7. The molecule has 0 amide bonds. The van der Waals surface area contributed by atoms with Gasteiger partial charge in [0.2, 0.25) is 0 Å². The molecule has 0 aliphatic rings. The maximum Gasteiger partial charge on any atom is 0.00482 e. The number of rotatable bonds is 8. The Kier molecular flexibility index (Phi) is 6.21. The molecule has 1 rings (SSSR count). The first-order valence-electron chi connectivity index (χ1n) is 6.79. The third kappa shape index (κ3) is 6.23. The number of hydrogen-bond donors (Lipinski definition) is 1. The summed E-state index contributed by atoms with van der Waals surface area (Å²) >= 11 is 1.94. The highest BCUT2D eigenvalue weighted by atomic mass is 32.1. The first kappa shape index (κ1) is 14.7. The van der Waals surface area contributed by atoms with Crippen LogP contribution in [0.5, 0.6) is 0 Å². The van der Waals surface area contributed by atoms with E-state index >= 15 is 0 Å². The summed E-state index contributed by atoms with van der Waals surface area (Å²) < 4.78 is 0. The second-order valence-corrected chi connectivity index (χ2v) is 7.05. The van der Waals surface area contributed by atoms with Crippen molar-refractivity contribution in [3.63, 3.8) is 0 Å². The summed E-state index contributed by atoms with van der Waals surface area (Å²) in [6, 6.07) is 4.52. The Morgan fingerprint density at radius 3 is 2.53 bits per heavy atom. The normalized spacial score (nSPS) is 12.0. The molecule has 0 bridgehead atoms.